The number of hydrogen-bond acceptors (Lipinski definition) is 0. The Hall–Kier alpha value is -0.563. The first kappa shape index (κ1) is 8.53. The van der Waals surface area contributed by atoms with Crippen molar-refractivity contribution in [2.45, 2.75) is 25.3 Å². The fourth-order valence-electron chi connectivity index (χ4n) is 1.09. The van der Waals surface area contributed by atoms with Gasteiger partial charge in [-0.25, -0.2) is 0 Å². The van der Waals surface area contributed by atoms with Gasteiger partial charge in [-0.1, -0.05) is 50.2 Å². The van der Waals surface area contributed by atoms with Crippen LogP contribution in [-0.2, 0) is 5.41 Å². The molecule has 60 valence electrons. The molecule has 1 aromatic carbocycles. The van der Waals surface area contributed by atoms with Crippen molar-refractivity contribution in [3.63, 3.8) is 0 Å². The van der Waals surface area contributed by atoms with E-state index in [0.29, 0.717) is 5.41 Å². The summed E-state index contributed by atoms with van der Waals surface area (Å²) in [6.45, 7) is 4.63. The summed E-state index contributed by atoms with van der Waals surface area (Å²) in [5, 5.41) is 0. The van der Waals surface area contributed by atoms with Gasteiger partial charge in [-0.05, 0) is 11.0 Å². The Morgan fingerprint density at radius 1 is 1.18 bits per heavy atom. The summed E-state index contributed by atoms with van der Waals surface area (Å²) in [4.78, 5) is 0. The topological polar surface area (TPSA) is 0 Å². The van der Waals surface area contributed by atoms with Gasteiger partial charge in [0.05, 0.1) is 0 Å². The maximum absolute atomic E-state index is 2.31. The van der Waals surface area contributed by atoms with Gasteiger partial charge < -0.3 is 0 Å². The molecule has 1 heteroatoms. The fraction of sp³-hybridized carbons (Fsp3) is 0.400. The van der Waals surface area contributed by atoms with E-state index in [1.807, 2.05) is 0 Å². The van der Waals surface area contributed by atoms with Gasteiger partial charge in [0.25, 0.3) is 0 Å². The van der Waals surface area contributed by atoms with Crippen molar-refractivity contribution in [1.29, 1.82) is 0 Å². The zero-order valence-electron chi connectivity index (χ0n) is 7.59. The lowest BCUT2D eigenvalue weighted by molar-refractivity contribution is 0.590. The van der Waals surface area contributed by atoms with Crippen LogP contribution in [0.3, 0.4) is 0 Å². The van der Waals surface area contributed by atoms with E-state index in [9.17, 15) is 0 Å². The van der Waals surface area contributed by atoms with Crippen LogP contribution in [0.2, 0.25) is 6.04 Å². The highest BCUT2D eigenvalue weighted by Crippen LogP contribution is 2.25. The Balaban J connectivity index is 2.93. The van der Waals surface area contributed by atoms with E-state index < -0.39 is 0 Å². The standard InChI is InChI=1S/C10H16Si/c1-10(2,8-11)9-6-4-3-5-7-9/h3-7H,8H2,1-2,11H3. The minimum absolute atomic E-state index is 0.396. The van der Waals surface area contributed by atoms with E-state index in [0.717, 1.165) is 0 Å². The van der Waals surface area contributed by atoms with E-state index in [-0.39, 0.29) is 0 Å². The van der Waals surface area contributed by atoms with Crippen LogP contribution in [0.25, 0.3) is 0 Å². The normalized spacial score (nSPS) is 11.8. The van der Waals surface area contributed by atoms with Crippen LogP contribution in [0.15, 0.2) is 30.3 Å². The van der Waals surface area contributed by atoms with E-state index in [4.69, 9.17) is 0 Å². The molecule has 0 spiro atoms. The molecule has 0 aromatic heterocycles. The number of benzene rings is 1. The predicted octanol–water partition coefficient (Wildman–Crippen LogP) is 1.75. The summed E-state index contributed by atoms with van der Waals surface area (Å²) in [5.74, 6) is 0. The van der Waals surface area contributed by atoms with E-state index in [1.165, 1.54) is 21.9 Å². The highest BCUT2D eigenvalue weighted by Gasteiger charge is 2.16. The van der Waals surface area contributed by atoms with Crippen molar-refractivity contribution in [2.75, 3.05) is 0 Å². The molecule has 0 radical (unpaired) electrons. The summed E-state index contributed by atoms with van der Waals surface area (Å²) in [7, 11) is 1.28. The van der Waals surface area contributed by atoms with Crippen LogP contribution in [0.5, 0.6) is 0 Å². The van der Waals surface area contributed by atoms with Crippen LogP contribution in [-0.4, -0.2) is 10.2 Å². The molecule has 0 fully saturated rings. The van der Waals surface area contributed by atoms with Gasteiger partial charge >= 0.3 is 0 Å². The molecule has 0 saturated carbocycles. The fourth-order valence-corrected chi connectivity index (χ4v) is 1.50. The number of hydrogen-bond donors (Lipinski definition) is 0. The third-order valence-electron chi connectivity index (χ3n) is 2.44. The van der Waals surface area contributed by atoms with E-state index in [1.54, 1.807) is 0 Å². The predicted molar refractivity (Wildman–Crippen MR) is 54.2 cm³/mol. The monoisotopic (exact) mass is 164 g/mol. The van der Waals surface area contributed by atoms with Gasteiger partial charge in [-0.15, -0.1) is 0 Å². The minimum atomic E-state index is 0.396. The molecule has 0 aliphatic carbocycles. The second-order valence-electron chi connectivity index (χ2n) is 3.60. The average molecular weight is 164 g/mol. The van der Waals surface area contributed by atoms with Crippen molar-refractivity contribution < 1.29 is 0 Å². The van der Waals surface area contributed by atoms with Crippen LogP contribution < -0.4 is 0 Å². The Bertz CT molecular complexity index is 214. The van der Waals surface area contributed by atoms with Crippen LogP contribution in [0.4, 0.5) is 0 Å². The van der Waals surface area contributed by atoms with E-state index >= 15 is 0 Å². The van der Waals surface area contributed by atoms with Crippen molar-refractivity contribution in [3.8, 4) is 0 Å². The lowest BCUT2D eigenvalue weighted by atomic mass is 9.87. The zero-order valence-corrected chi connectivity index (χ0v) is 9.59. The third-order valence-corrected chi connectivity index (χ3v) is 4.21. The number of rotatable bonds is 2. The summed E-state index contributed by atoms with van der Waals surface area (Å²) < 4.78 is 0. The molecule has 1 rings (SSSR count). The first-order chi connectivity index (χ1) is 5.17. The third kappa shape index (κ3) is 1.93. The smallest absolute Gasteiger partial charge is 0.00390 e. The molecular formula is C10H16Si. The molecule has 0 aliphatic heterocycles. The van der Waals surface area contributed by atoms with Crippen LogP contribution in [0.1, 0.15) is 19.4 Å². The first-order valence-corrected chi connectivity index (χ1v) is 5.64. The molecule has 0 aliphatic rings. The maximum Gasteiger partial charge on any atom is 0.00390 e. The molecule has 0 heterocycles. The average Bonchev–Trinajstić information content (AvgIpc) is 2.06. The molecule has 0 nitrogen and oxygen atoms in total. The van der Waals surface area contributed by atoms with Crippen molar-refractivity contribution in [2.24, 2.45) is 0 Å². The van der Waals surface area contributed by atoms with Gasteiger partial charge in [-0.3, -0.25) is 0 Å². The second-order valence-corrected chi connectivity index (χ2v) is 4.31. The Morgan fingerprint density at radius 2 is 1.73 bits per heavy atom. The van der Waals surface area contributed by atoms with Gasteiger partial charge in [-0.2, -0.15) is 0 Å². The molecule has 0 atom stereocenters. The Kier molecular flexibility index (Phi) is 2.50. The second kappa shape index (κ2) is 3.22. The Labute approximate surface area is 72.1 Å². The Morgan fingerprint density at radius 3 is 2.18 bits per heavy atom. The lowest BCUT2D eigenvalue weighted by Crippen LogP contribution is -2.15. The summed E-state index contributed by atoms with van der Waals surface area (Å²) in [5.41, 5.74) is 1.86. The van der Waals surface area contributed by atoms with Crippen LogP contribution in [0, 0.1) is 0 Å². The molecule has 0 N–H and O–H groups in total. The van der Waals surface area contributed by atoms with Crippen LogP contribution >= 0.6 is 0 Å². The zero-order chi connectivity index (χ0) is 8.32. The van der Waals surface area contributed by atoms with Gasteiger partial charge in [0.15, 0.2) is 0 Å². The SMILES string of the molecule is CC(C)(C[SiH3])c1ccccc1. The highest BCUT2D eigenvalue weighted by molar-refractivity contribution is 6.09. The molecule has 0 unspecified atom stereocenters. The van der Waals surface area contributed by atoms with Gasteiger partial charge in [0.1, 0.15) is 0 Å². The maximum atomic E-state index is 2.31. The molecule has 11 heavy (non-hydrogen) atoms. The first-order valence-electron chi connectivity index (χ1n) is 4.22. The van der Waals surface area contributed by atoms with Gasteiger partial charge in [0.2, 0.25) is 0 Å². The molecular weight excluding hydrogens is 148 g/mol. The molecule has 0 amide bonds. The quantitative estimate of drug-likeness (QED) is 0.584. The lowest BCUT2D eigenvalue weighted by Gasteiger charge is -2.22. The summed E-state index contributed by atoms with van der Waals surface area (Å²) >= 11 is 0. The van der Waals surface area contributed by atoms with Gasteiger partial charge in [0, 0.05) is 10.2 Å². The summed E-state index contributed by atoms with van der Waals surface area (Å²) in [6.07, 6.45) is 0. The van der Waals surface area contributed by atoms with Crippen molar-refractivity contribution in [1.82, 2.24) is 0 Å². The molecule has 0 saturated heterocycles. The van der Waals surface area contributed by atoms with Crippen molar-refractivity contribution in [3.05, 3.63) is 35.9 Å². The highest BCUT2D eigenvalue weighted by atomic mass is 28.1. The van der Waals surface area contributed by atoms with E-state index in [2.05, 4.69) is 44.2 Å². The van der Waals surface area contributed by atoms with Crippen molar-refractivity contribution >= 4 is 10.2 Å². The largest absolute Gasteiger partial charge is 0.0622 e. The summed E-state index contributed by atoms with van der Waals surface area (Å²) in [6, 6.07) is 12.1. The molecule has 1 aromatic rings. The molecule has 0 bridgehead atoms. The minimum Gasteiger partial charge on any atom is -0.0622 e.